The first-order valence-electron chi connectivity index (χ1n) is 8.41. The van der Waals surface area contributed by atoms with Gasteiger partial charge in [0.1, 0.15) is 17.3 Å². The summed E-state index contributed by atoms with van der Waals surface area (Å²) >= 11 is 0. The average molecular weight is 342 g/mol. The standard InChI is InChI=1S/C20H23FN2O2/c1-24-13-9-10-16(18(12-13)25-2)19-14(6-3-4-11-22)15-7-5-8-17(21)20(15)23-19/h5,7-10,12,23H,3-4,6,11,22H2,1-2H3. The molecule has 25 heavy (non-hydrogen) atoms. The van der Waals surface area contributed by atoms with Crippen LogP contribution in [0.5, 0.6) is 11.5 Å². The molecule has 0 aliphatic carbocycles. The Balaban J connectivity index is 2.17. The summed E-state index contributed by atoms with van der Waals surface area (Å²) in [4.78, 5) is 3.26. The van der Waals surface area contributed by atoms with Crippen LogP contribution in [-0.2, 0) is 6.42 Å². The van der Waals surface area contributed by atoms with Crippen LogP contribution < -0.4 is 15.2 Å². The van der Waals surface area contributed by atoms with E-state index in [2.05, 4.69) is 4.98 Å². The number of fused-ring (bicyclic) bond motifs is 1. The molecule has 3 N–H and O–H groups in total. The largest absolute Gasteiger partial charge is 0.497 e. The van der Waals surface area contributed by atoms with E-state index in [0.29, 0.717) is 23.6 Å². The molecular formula is C20H23FN2O2. The Morgan fingerprint density at radius 3 is 2.64 bits per heavy atom. The number of H-pyrrole nitrogens is 1. The molecular weight excluding hydrogens is 319 g/mol. The molecule has 1 aromatic heterocycles. The number of halogens is 1. The molecule has 0 atom stereocenters. The van der Waals surface area contributed by atoms with Crippen molar-refractivity contribution in [2.24, 2.45) is 5.73 Å². The van der Waals surface area contributed by atoms with Crippen LogP contribution in [0.3, 0.4) is 0 Å². The third kappa shape index (κ3) is 3.33. The van der Waals surface area contributed by atoms with Crippen molar-refractivity contribution in [2.45, 2.75) is 19.3 Å². The number of nitrogens with two attached hydrogens (primary N) is 1. The van der Waals surface area contributed by atoms with Gasteiger partial charge in [0.15, 0.2) is 0 Å². The number of rotatable bonds is 7. The fourth-order valence-corrected chi connectivity index (χ4v) is 3.18. The van der Waals surface area contributed by atoms with E-state index in [-0.39, 0.29) is 5.82 Å². The van der Waals surface area contributed by atoms with E-state index >= 15 is 0 Å². The van der Waals surface area contributed by atoms with Crippen LogP contribution >= 0.6 is 0 Å². The minimum atomic E-state index is -0.253. The predicted octanol–water partition coefficient (Wildman–Crippen LogP) is 4.27. The second-order valence-corrected chi connectivity index (χ2v) is 5.95. The van der Waals surface area contributed by atoms with Crippen molar-refractivity contribution in [3.63, 3.8) is 0 Å². The first-order valence-corrected chi connectivity index (χ1v) is 8.41. The Labute approximate surface area is 146 Å². The van der Waals surface area contributed by atoms with Crippen LogP contribution in [0.15, 0.2) is 36.4 Å². The molecule has 3 rings (SSSR count). The first kappa shape index (κ1) is 17.3. The van der Waals surface area contributed by atoms with E-state index in [0.717, 1.165) is 41.5 Å². The van der Waals surface area contributed by atoms with Gasteiger partial charge in [-0.15, -0.1) is 0 Å². The van der Waals surface area contributed by atoms with E-state index in [1.54, 1.807) is 20.3 Å². The summed E-state index contributed by atoms with van der Waals surface area (Å²) in [7, 11) is 3.24. The lowest BCUT2D eigenvalue weighted by Crippen LogP contribution is -1.99. The van der Waals surface area contributed by atoms with E-state index in [4.69, 9.17) is 15.2 Å². The van der Waals surface area contributed by atoms with Crippen molar-refractivity contribution in [1.82, 2.24) is 4.98 Å². The summed E-state index contributed by atoms with van der Waals surface area (Å²) in [5.41, 5.74) is 9.02. The smallest absolute Gasteiger partial charge is 0.147 e. The van der Waals surface area contributed by atoms with Gasteiger partial charge in [0.05, 0.1) is 25.4 Å². The van der Waals surface area contributed by atoms with Crippen LogP contribution in [0.25, 0.3) is 22.2 Å². The maximum absolute atomic E-state index is 14.3. The van der Waals surface area contributed by atoms with Crippen LogP contribution in [0, 0.1) is 5.82 Å². The lowest BCUT2D eigenvalue weighted by atomic mass is 9.99. The van der Waals surface area contributed by atoms with Crippen molar-refractivity contribution in [2.75, 3.05) is 20.8 Å². The Bertz CT molecular complexity index is 874. The van der Waals surface area contributed by atoms with E-state index in [1.165, 1.54) is 6.07 Å². The van der Waals surface area contributed by atoms with Gasteiger partial charge < -0.3 is 20.2 Å². The molecule has 0 saturated carbocycles. The van der Waals surface area contributed by atoms with E-state index < -0.39 is 0 Å². The number of aromatic nitrogens is 1. The number of hydrogen-bond donors (Lipinski definition) is 2. The number of ether oxygens (including phenoxy) is 2. The second kappa shape index (κ2) is 7.57. The molecule has 3 aromatic rings. The Hall–Kier alpha value is -2.53. The summed E-state index contributed by atoms with van der Waals surface area (Å²) in [5.74, 6) is 1.15. The maximum atomic E-state index is 14.3. The number of hydrogen-bond acceptors (Lipinski definition) is 3. The fraction of sp³-hybridized carbons (Fsp3) is 0.300. The van der Waals surface area contributed by atoms with Gasteiger partial charge >= 0.3 is 0 Å². The monoisotopic (exact) mass is 342 g/mol. The van der Waals surface area contributed by atoms with Crippen LogP contribution in [0.4, 0.5) is 4.39 Å². The van der Waals surface area contributed by atoms with Crippen molar-refractivity contribution in [1.29, 1.82) is 0 Å². The molecule has 1 heterocycles. The number of para-hydroxylation sites is 1. The zero-order valence-electron chi connectivity index (χ0n) is 14.6. The first-order chi connectivity index (χ1) is 12.2. The topological polar surface area (TPSA) is 60.3 Å². The minimum Gasteiger partial charge on any atom is -0.497 e. The highest BCUT2D eigenvalue weighted by Gasteiger charge is 2.18. The molecule has 0 amide bonds. The molecule has 0 spiro atoms. The number of benzene rings is 2. The van der Waals surface area contributed by atoms with Crippen molar-refractivity contribution in [3.05, 3.63) is 47.8 Å². The summed E-state index contributed by atoms with van der Waals surface area (Å²) in [6, 6.07) is 10.8. The van der Waals surface area contributed by atoms with Crippen LogP contribution in [-0.4, -0.2) is 25.7 Å². The van der Waals surface area contributed by atoms with Crippen molar-refractivity contribution >= 4 is 10.9 Å². The van der Waals surface area contributed by atoms with Gasteiger partial charge in [-0.05, 0) is 49.6 Å². The molecule has 132 valence electrons. The third-order valence-corrected chi connectivity index (χ3v) is 4.45. The number of aromatic amines is 1. The quantitative estimate of drug-likeness (QED) is 0.630. The highest BCUT2D eigenvalue weighted by atomic mass is 19.1. The maximum Gasteiger partial charge on any atom is 0.147 e. The zero-order valence-corrected chi connectivity index (χ0v) is 14.6. The average Bonchev–Trinajstić information content (AvgIpc) is 3.01. The van der Waals surface area contributed by atoms with Gasteiger partial charge in [0.25, 0.3) is 0 Å². The molecule has 4 nitrogen and oxygen atoms in total. The van der Waals surface area contributed by atoms with Crippen LogP contribution in [0.1, 0.15) is 18.4 Å². The molecule has 0 fully saturated rings. The zero-order chi connectivity index (χ0) is 17.8. The summed E-state index contributed by atoms with van der Waals surface area (Å²) in [5, 5.41) is 0.907. The minimum absolute atomic E-state index is 0.253. The third-order valence-electron chi connectivity index (χ3n) is 4.45. The lowest BCUT2D eigenvalue weighted by molar-refractivity contribution is 0.395. The normalized spacial score (nSPS) is 11.0. The SMILES string of the molecule is COc1ccc(-c2[nH]c3c(F)cccc3c2CCCCN)c(OC)c1. The Kier molecular flexibility index (Phi) is 5.24. The van der Waals surface area contributed by atoms with E-state index in [1.807, 2.05) is 24.3 Å². The highest BCUT2D eigenvalue weighted by molar-refractivity contribution is 5.92. The van der Waals surface area contributed by atoms with Gasteiger partial charge in [-0.3, -0.25) is 0 Å². The Morgan fingerprint density at radius 1 is 1.08 bits per heavy atom. The van der Waals surface area contributed by atoms with Gasteiger partial charge in [-0.25, -0.2) is 4.39 Å². The molecule has 0 radical (unpaired) electrons. The fourth-order valence-electron chi connectivity index (χ4n) is 3.18. The molecule has 2 aromatic carbocycles. The molecule has 0 aliphatic heterocycles. The number of unbranched alkanes of at least 4 members (excludes halogenated alkanes) is 1. The second-order valence-electron chi connectivity index (χ2n) is 5.95. The number of nitrogens with one attached hydrogen (secondary N) is 1. The highest BCUT2D eigenvalue weighted by Crippen LogP contribution is 2.38. The van der Waals surface area contributed by atoms with E-state index in [9.17, 15) is 4.39 Å². The van der Waals surface area contributed by atoms with Gasteiger partial charge in [0.2, 0.25) is 0 Å². The van der Waals surface area contributed by atoms with Gasteiger partial charge in [0, 0.05) is 17.0 Å². The summed E-state index contributed by atoms with van der Waals surface area (Å²) < 4.78 is 25.1. The van der Waals surface area contributed by atoms with Crippen molar-refractivity contribution in [3.8, 4) is 22.8 Å². The van der Waals surface area contributed by atoms with Crippen molar-refractivity contribution < 1.29 is 13.9 Å². The van der Waals surface area contributed by atoms with Gasteiger partial charge in [-0.1, -0.05) is 12.1 Å². The molecule has 0 aliphatic rings. The molecule has 5 heteroatoms. The lowest BCUT2D eigenvalue weighted by Gasteiger charge is -2.11. The summed E-state index contributed by atoms with van der Waals surface area (Å²) in [6.45, 7) is 0.651. The van der Waals surface area contributed by atoms with Gasteiger partial charge in [-0.2, -0.15) is 0 Å². The molecule has 0 saturated heterocycles. The summed E-state index contributed by atoms with van der Waals surface area (Å²) in [6.07, 6.45) is 2.71. The number of aryl methyl sites for hydroxylation is 1. The van der Waals surface area contributed by atoms with Crippen LogP contribution in [0.2, 0.25) is 0 Å². The predicted molar refractivity (Wildman–Crippen MR) is 98.8 cm³/mol. The Morgan fingerprint density at radius 2 is 1.92 bits per heavy atom. The molecule has 0 unspecified atom stereocenters. The molecule has 0 bridgehead atoms. The number of methoxy groups -OCH3 is 2.